The van der Waals surface area contributed by atoms with Gasteiger partial charge < -0.3 is 4.74 Å². The molecule has 0 aliphatic heterocycles. The largest absolute Gasteiger partial charge is 0.374 e. The highest BCUT2D eigenvalue weighted by molar-refractivity contribution is 5.12. The minimum Gasteiger partial charge on any atom is -0.374 e. The van der Waals surface area contributed by atoms with E-state index in [4.69, 9.17) is 10.6 Å². The monoisotopic (exact) mass is 294 g/mol. The summed E-state index contributed by atoms with van der Waals surface area (Å²) in [6.07, 6.45) is 5.43. The number of aryl methyl sites for hydroxylation is 2. The van der Waals surface area contributed by atoms with Crippen LogP contribution >= 0.6 is 0 Å². The van der Waals surface area contributed by atoms with Crippen LogP contribution in [0.4, 0.5) is 0 Å². The Hall–Kier alpha value is -0.910. The minimum absolute atomic E-state index is 0.125. The van der Waals surface area contributed by atoms with Crippen molar-refractivity contribution < 1.29 is 4.74 Å². The summed E-state index contributed by atoms with van der Waals surface area (Å²) in [5.41, 5.74) is 5.14. The van der Waals surface area contributed by atoms with Crippen LogP contribution in [0.1, 0.15) is 50.9 Å². The Bertz CT molecular complexity index is 449. The SMILES string of the molecule is CCOC1(C(Cc2cc(C)nn2C)NN)CCC(C)CC1. The molecule has 1 aromatic heterocycles. The highest BCUT2D eigenvalue weighted by Gasteiger charge is 2.42. The number of rotatable bonds is 6. The average Bonchev–Trinajstić information content (AvgIpc) is 2.77. The first kappa shape index (κ1) is 16.5. The molecule has 21 heavy (non-hydrogen) atoms. The number of nitrogens with two attached hydrogens (primary N) is 1. The average molecular weight is 294 g/mol. The van der Waals surface area contributed by atoms with E-state index in [-0.39, 0.29) is 11.6 Å². The molecule has 1 saturated carbocycles. The van der Waals surface area contributed by atoms with E-state index in [0.29, 0.717) is 0 Å². The molecule has 1 aliphatic carbocycles. The van der Waals surface area contributed by atoms with Crippen LogP contribution in [-0.4, -0.2) is 28.0 Å². The van der Waals surface area contributed by atoms with Gasteiger partial charge in [0.25, 0.3) is 0 Å². The second kappa shape index (κ2) is 6.90. The summed E-state index contributed by atoms with van der Waals surface area (Å²) >= 11 is 0. The van der Waals surface area contributed by atoms with Gasteiger partial charge in [0.2, 0.25) is 0 Å². The van der Waals surface area contributed by atoms with E-state index < -0.39 is 0 Å². The van der Waals surface area contributed by atoms with Crippen LogP contribution in [-0.2, 0) is 18.2 Å². The fourth-order valence-corrected chi connectivity index (χ4v) is 3.59. The number of hydrogen-bond acceptors (Lipinski definition) is 4. The van der Waals surface area contributed by atoms with Crippen LogP contribution in [0.25, 0.3) is 0 Å². The van der Waals surface area contributed by atoms with Crippen molar-refractivity contribution >= 4 is 0 Å². The Morgan fingerprint density at radius 3 is 2.67 bits per heavy atom. The Morgan fingerprint density at radius 2 is 2.19 bits per heavy atom. The van der Waals surface area contributed by atoms with Crippen molar-refractivity contribution in [1.82, 2.24) is 15.2 Å². The third-order valence-electron chi connectivity index (χ3n) is 4.90. The zero-order valence-corrected chi connectivity index (χ0v) is 13.9. The highest BCUT2D eigenvalue weighted by Crippen LogP contribution is 2.38. The first-order valence-corrected chi connectivity index (χ1v) is 8.10. The molecular formula is C16H30N4O. The van der Waals surface area contributed by atoms with Crippen molar-refractivity contribution in [2.24, 2.45) is 18.8 Å². The fourth-order valence-electron chi connectivity index (χ4n) is 3.59. The van der Waals surface area contributed by atoms with Crippen molar-refractivity contribution in [3.8, 4) is 0 Å². The molecule has 0 spiro atoms. The summed E-state index contributed by atoms with van der Waals surface area (Å²) in [6.45, 7) is 7.15. The number of aromatic nitrogens is 2. The second-order valence-corrected chi connectivity index (χ2v) is 6.50. The molecule has 1 atom stereocenters. The summed E-state index contributed by atoms with van der Waals surface area (Å²) in [5, 5.41) is 4.43. The Labute approximate surface area is 128 Å². The zero-order chi connectivity index (χ0) is 15.5. The Balaban J connectivity index is 2.17. The molecule has 120 valence electrons. The molecule has 5 heteroatoms. The van der Waals surface area contributed by atoms with E-state index >= 15 is 0 Å². The van der Waals surface area contributed by atoms with E-state index in [1.165, 1.54) is 18.5 Å². The Morgan fingerprint density at radius 1 is 1.52 bits per heavy atom. The third kappa shape index (κ3) is 3.65. The van der Waals surface area contributed by atoms with Gasteiger partial charge in [0.1, 0.15) is 0 Å². The molecule has 2 rings (SSSR count). The van der Waals surface area contributed by atoms with Gasteiger partial charge in [0.15, 0.2) is 0 Å². The first-order chi connectivity index (χ1) is 10.0. The normalized spacial score (nSPS) is 27.8. The molecule has 1 heterocycles. The van der Waals surface area contributed by atoms with Crippen LogP contribution in [0.15, 0.2) is 6.07 Å². The van der Waals surface area contributed by atoms with Crippen LogP contribution in [0, 0.1) is 12.8 Å². The molecule has 0 amide bonds. The predicted molar refractivity (Wildman–Crippen MR) is 84.7 cm³/mol. The summed E-state index contributed by atoms with van der Waals surface area (Å²) in [7, 11) is 1.99. The fraction of sp³-hybridized carbons (Fsp3) is 0.812. The van der Waals surface area contributed by atoms with E-state index in [0.717, 1.165) is 37.5 Å². The number of hydrazine groups is 1. The highest BCUT2D eigenvalue weighted by atomic mass is 16.5. The van der Waals surface area contributed by atoms with Crippen molar-refractivity contribution in [1.29, 1.82) is 0 Å². The molecular weight excluding hydrogens is 264 g/mol. The summed E-state index contributed by atoms with van der Waals surface area (Å²) in [6, 6.07) is 2.26. The maximum absolute atomic E-state index is 6.22. The minimum atomic E-state index is -0.145. The van der Waals surface area contributed by atoms with Gasteiger partial charge in [-0.2, -0.15) is 5.10 Å². The number of ether oxygens (including phenoxy) is 1. The molecule has 0 aromatic carbocycles. The molecule has 3 N–H and O–H groups in total. The third-order valence-corrected chi connectivity index (χ3v) is 4.90. The smallest absolute Gasteiger partial charge is 0.0852 e. The van der Waals surface area contributed by atoms with Crippen molar-refractivity contribution in [3.63, 3.8) is 0 Å². The summed E-state index contributed by atoms with van der Waals surface area (Å²) in [5.74, 6) is 6.69. The van der Waals surface area contributed by atoms with Crippen molar-refractivity contribution in [2.45, 2.75) is 64.5 Å². The molecule has 1 aromatic rings. The Kier molecular flexibility index (Phi) is 5.41. The maximum Gasteiger partial charge on any atom is 0.0852 e. The van der Waals surface area contributed by atoms with Gasteiger partial charge in [-0.3, -0.25) is 16.0 Å². The molecule has 1 aliphatic rings. The van der Waals surface area contributed by atoms with Gasteiger partial charge in [-0.15, -0.1) is 0 Å². The van der Waals surface area contributed by atoms with Gasteiger partial charge in [0.05, 0.1) is 17.3 Å². The van der Waals surface area contributed by atoms with Crippen molar-refractivity contribution in [3.05, 3.63) is 17.5 Å². The topological polar surface area (TPSA) is 65.1 Å². The number of nitrogens with zero attached hydrogens (tertiary/aromatic N) is 2. The van der Waals surface area contributed by atoms with E-state index in [1.807, 2.05) is 18.7 Å². The molecule has 5 nitrogen and oxygen atoms in total. The first-order valence-electron chi connectivity index (χ1n) is 8.10. The molecule has 1 unspecified atom stereocenters. The number of hydrogen-bond donors (Lipinski definition) is 2. The van der Waals surface area contributed by atoms with Crippen LogP contribution in [0.3, 0.4) is 0 Å². The van der Waals surface area contributed by atoms with Gasteiger partial charge >= 0.3 is 0 Å². The lowest BCUT2D eigenvalue weighted by Crippen LogP contribution is -2.57. The molecule has 1 fully saturated rings. The van der Waals surface area contributed by atoms with E-state index in [2.05, 4.69) is 30.4 Å². The van der Waals surface area contributed by atoms with Crippen LogP contribution in [0.5, 0.6) is 0 Å². The lowest BCUT2D eigenvalue weighted by Gasteiger charge is -2.44. The second-order valence-electron chi connectivity index (χ2n) is 6.50. The lowest BCUT2D eigenvalue weighted by molar-refractivity contribution is -0.0964. The predicted octanol–water partition coefficient (Wildman–Crippen LogP) is 2.09. The molecule has 0 radical (unpaired) electrons. The van der Waals surface area contributed by atoms with Gasteiger partial charge in [0, 0.05) is 25.8 Å². The lowest BCUT2D eigenvalue weighted by atomic mass is 9.74. The molecule has 0 bridgehead atoms. The standard InChI is InChI=1S/C16H30N4O/c1-5-21-16(8-6-12(2)7-9-16)15(18-17)11-14-10-13(3)19-20(14)4/h10,12,15,18H,5-9,11,17H2,1-4H3. The van der Waals surface area contributed by atoms with E-state index in [9.17, 15) is 0 Å². The van der Waals surface area contributed by atoms with Gasteiger partial charge in [-0.25, -0.2) is 0 Å². The van der Waals surface area contributed by atoms with Crippen LogP contribution < -0.4 is 11.3 Å². The summed E-state index contributed by atoms with van der Waals surface area (Å²) < 4.78 is 8.17. The van der Waals surface area contributed by atoms with Crippen LogP contribution in [0.2, 0.25) is 0 Å². The number of nitrogens with one attached hydrogen (secondary N) is 1. The van der Waals surface area contributed by atoms with Gasteiger partial charge in [-0.1, -0.05) is 6.92 Å². The van der Waals surface area contributed by atoms with Gasteiger partial charge in [-0.05, 0) is 51.5 Å². The van der Waals surface area contributed by atoms with Crippen molar-refractivity contribution in [2.75, 3.05) is 6.61 Å². The zero-order valence-electron chi connectivity index (χ0n) is 13.9. The quantitative estimate of drug-likeness (QED) is 0.623. The summed E-state index contributed by atoms with van der Waals surface area (Å²) in [4.78, 5) is 0. The van der Waals surface area contributed by atoms with E-state index in [1.54, 1.807) is 0 Å². The molecule has 0 saturated heterocycles. The maximum atomic E-state index is 6.22.